The Kier molecular flexibility index (Phi) is 21.0. The Hall–Kier alpha value is -3.50. The summed E-state index contributed by atoms with van der Waals surface area (Å²) in [6.45, 7) is 12.5. The number of nitrogens with one attached hydrogen (secondary N) is 3. The van der Waals surface area contributed by atoms with Crippen LogP contribution in [0.1, 0.15) is 51.4 Å². The van der Waals surface area contributed by atoms with Crippen molar-refractivity contribution in [2.75, 3.05) is 46.0 Å². The minimum Gasteiger partial charge on any atom is -0.445 e. The average Bonchev–Trinajstić information content (AvgIpc) is 2.87. The maximum Gasteiger partial charge on any atom is 0.418 e. The van der Waals surface area contributed by atoms with Crippen molar-refractivity contribution in [1.82, 2.24) is 20.9 Å². The number of hydrogen-bond acceptors (Lipinski definition) is 7. The van der Waals surface area contributed by atoms with Crippen molar-refractivity contribution >= 4 is 24.3 Å². The van der Waals surface area contributed by atoms with Gasteiger partial charge in [0.2, 0.25) is 0 Å². The van der Waals surface area contributed by atoms with E-state index in [9.17, 15) is 19.2 Å². The zero-order valence-corrected chi connectivity index (χ0v) is 21.3. The number of carbonyl (C=O) groups is 4. The smallest absolute Gasteiger partial charge is 0.418 e. The SMILES string of the molecule is C=CCOC(=O)NCCCCCCNC(=O)N(CCCCCCNC(=O)OCC=C)C(=O)OCC=C. The molecule has 0 aliphatic carbocycles. The quantitative estimate of drug-likeness (QED) is 0.126. The third-order valence-corrected chi connectivity index (χ3v) is 4.68. The minimum atomic E-state index is -0.714. The summed E-state index contributed by atoms with van der Waals surface area (Å²) in [6, 6.07) is -0.498. The lowest BCUT2D eigenvalue weighted by Gasteiger charge is -2.20. The molecule has 0 saturated carbocycles. The number of hydrogen-bond donors (Lipinski definition) is 3. The second kappa shape index (κ2) is 23.3. The highest BCUT2D eigenvalue weighted by atomic mass is 16.6. The molecular formula is C25H42N4O7. The van der Waals surface area contributed by atoms with Crippen LogP contribution in [-0.2, 0) is 14.2 Å². The molecule has 0 aromatic rings. The van der Waals surface area contributed by atoms with Crippen LogP contribution in [0, 0.1) is 0 Å². The Labute approximate surface area is 214 Å². The van der Waals surface area contributed by atoms with Crippen LogP contribution < -0.4 is 16.0 Å². The number of ether oxygens (including phenoxy) is 3. The Morgan fingerprint density at radius 1 is 0.583 bits per heavy atom. The second-order valence-electron chi connectivity index (χ2n) is 7.71. The van der Waals surface area contributed by atoms with Gasteiger partial charge in [0.25, 0.3) is 0 Å². The van der Waals surface area contributed by atoms with Gasteiger partial charge < -0.3 is 30.2 Å². The van der Waals surface area contributed by atoms with Crippen molar-refractivity contribution in [3.05, 3.63) is 38.0 Å². The predicted octanol–water partition coefficient (Wildman–Crippen LogP) is 4.27. The molecule has 0 spiro atoms. The molecule has 0 heterocycles. The van der Waals surface area contributed by atoms with Crippen molar-refractivity contribution in [1.29, 1.82) is 0 Å². The Bertz CT molecular complexity index is 685. The molecule has 0 saturated heterocycles. The zero-order valence-electron chi connectivity index (χ0n) is 21.3. The standard InChI is InChI=1S/C25H42N4O7/c1-4-19-34-23(31)27-16-12-8-7-11-15-26-22(30)29(25(33)36-21-6-3)18-14-10-9-13-17-28-24(32)35-20-5-2/h4-6H,1-3,7-21H2,(H,26,30)(H,27,31)(H,28,32). The Morgan fingerprint density at radius 2 is 1.00 bits per heavy atom. The molecule has 0 unspecified atom stereocenters. The van der Waals surface area contributed by atoms with Gasteiger partial charge in [-0.15, -0.1) is 0 Å². The van der Waals surface area contributed by atoms with E-state index in [0.29, 0.717) is 26.1 Å². The first-order valence-electron chi connectivity index (χ1n) is 12.3. The Balaban J connectivity index is 4.12. The second-order valence-corrected chi connectivity index (χ2v) is 7.71. The molecule has 11 nitrogen and oxygen atoms in total. The number of rotatable bonds is 20. The molecular weight excluding hydrogens is 468 g/mol. The lowest BCUT2D eigenvalue weighted by atomic mass is 10.2. The van der Waals surface area contributed by atoms with E-state index in [2.05, 4.69) is 35.7 Å². The molecule has 5 amide bonds. The summed E-state index contributed by atoms with van der Waals surface area (Å²) in [5.41, 5.74) is 0. The number of carbonyl (C=O) groups excluding carboxylic acids is 4. The van der Waals surface area contributed by atoms with E-state index < -0.39 is 24.3 Å². The summed E-state index contributed by atoms with van der Waals surface area (Å²) in [6.07, 6.45) is 9.00. The highest BCUT2D eigenvalue weighted by molar-refractivity contribution is 5.90. The van der Waals surface area contributed by atoms with Crippen LogP contribution in [0.15, 0.2) is 38.0 Å². The largest absolute Gasteiger partial charge is 0.445 e. The molecule has 3 N–H and O–H groups in total. The predicted molar refractivity (Wildman–Crippen MR) is 138 cm³/mol. The van der Waals surface area contributed by atoms with Gasteiger partial charge in [0.1, 0.15) is 19.8 Å². The van der Waals surface area contributed by atoms with Crippen LogP contribution in [-0.4, -0.2) is 75.2 Å². The lowest BCUT2D eigenvalue weighted by Crippen LogP contribution is -2.45. The first-order chi connectivity index (χ1) is 17.5. The fourth-order valence-corrected chi connectivity index (χ4v) is 2.88. The molecule has 204 valence electrons. The summed E-state index contributed by atoms with van der Waals surface area (Å²) in [5, 5.41) is 8.04. The van der Waals surface area contributed by atoms with E-state index >= 15 is 0 Å². The van der Waals surface area contributed by atoms with Crippen molar-refractivity contribution in [2.24, 2.45) is 0 Å². The van der Waals surface area contributed by atoms with Crippen molar-refractivity contribution in [3.8, 4) is 0 Å². The van der Waals surface area contributed by atoms with E-state index in [-0.39, 0.29) is 26.4 Å². The van der Waals surface area contributed by atoms with Crippen LogP contribution >= 0.6 is 0 Å². The monoisotopic (exact) mass is 510 g/mol. The molecule has 0 aromatic heterocycles. The van der Waals surface area contributed by atoms with Crippen LogP contribution in [0.3, 0.4) is 0 Å². The summed E-state index contributed by atoms with van der Waals surface area (Å²) in [4.78, 5) is 48.5. The first-order valence-corrected chi connectivity index (χ1v) is 12.3. The van der Waals surface area contributed by atoms with Crippen LogP contribution in [0.5, 0.6) is 0 Å². The van der Waals surface area contributed by atoms with Gasteiger partial charge in [-0.25, -0.2) is 24.1 Å². The van der Waals surface area contributed by atoms with E-state index in [1.54, 1.807) is 0 Å². The number of alkyl carbamates (subject to hydrolysis) is 2. The third-order valence-electron chi connectivity index (χ3n) is 4.68. The van der Waals surface area contributed by atoms with Gasteiger partial charge in [0.05, 0.1) is 0 Å². The zero-order chi connectivity index (χ0) is 26.9. The average molecular weight is 511 g/mol. The summed E-state index contributed by atoms with van der Waals surface area (Å²) in [7, 11) is 0. The maximum absolute atomic E-state index is 12.5. The minimum absolute atomic E-state index is 0.0192. The van der Waals surface area contributed by atoms with E-state index in [1.807, 2.05) is 0 Å². The normalized spacial score (nSPS) is 9.89. The molecule has 0 aliphatic heterocycles. The number of nitrogens with zero attached hydrogens (tertiary/aromatic N) is 1. The highest BCUT2D eigenvalue weighted by Gasteiger charge is 2.21. The van der Waals surface area contributed by atoms with E-state index in [4.69, 9.17) is 14.2 Å². The van der Waals surface area contributed by atoms with Crippen molar-refractivity contribution in [3.63, 3.8) is 0 Å². The van der Waals surface area contributed by atoms with Crippen LogP contribution in [0.2, 0.25) is 0 Å². The number of unbranched alkanes of at least 4 members (excludes halogenated alkanes) is 6. The molecule has 0 radical (unpaired) electrons. The van der Waals surface area contributed by atoms with Crippen LogP contribution in [0.25, 0.3) is 0 Å². The molecule has 0 aliphatic rings. The maximum atomic E-state index is 12.5. The van der Waals surface area contributed by atoms with Gasteiger partial charge in [-0.1, -0.05) is 63.6 Å². The Morgan fingerprint density at radius 3 is 1.47 bits per heavy atom. The van der Waals surface area contributed by atoms with Crippen molar-refractivity contribution in [2.45, 2.75) is 51.4 Å². The molecule has 0 fully saturated rings. The van der Waals surface area contributed by atoms with Gasteiger partial charge in [0.15, 0.2) is 0 Å². The third kappa shape index (κ3) is 18.9. The van der Waals surface area contributed by atoms with E-state index in [1.165, 1.54) is 18.2 Å². The molecule has 36 heavy (non-hydrogen) atoms. The van der Waals surface area contributed by atoms with Gasteiger partial charge in [-0.2, -0.15) is 0 Å². The molecule has 0 atom stereocenters. The number of amides is 5. The summed E-state index contributed by atoms with van der Waals surface area (Å²) in [5.74, 6) is 0. The number of imide groups is 1. The lowest BCUT2D eigenvalue weighted by molar-refractivity contribution is 0.118. The summed E-state index contributed by atoms with van der Waals surface area (Å²) >= 11 is 0. The van der Waals surface area contributed by atoms with Crippen molar-refractivity contribution < 1.29 is 33.4 Å². The van der Waals surface area contributed by atoms with Gasteiger partial charge in [-0.3, -0.25) is 0 Å². The fraction of sp³-hybridized carbons (Fsp3) is 0.600. The first kappa shape index (κ1) is 32.5. The fourth-order valence-electron chi connectivity index (χ4n) is 2.88. The van der Waals surface area contributed by atoms with Gasteiger partial charge in [-0.05, 0) is 25.7 Å². The molecule has 11 heteroatoms. The van der Waals surface area contributed by atoms with Gasteiger partial charge in [0, 0.05) is 26.2 Å². The highest BCUT2D eigenvalue weighted by Crippen LogP contribution is 2.05. The van der Waals surface area contributed by atoms with E-state index in [0.717, 1.165) is 49.8 Å². The molecule has 0 rings (SSSR count). The van der Waals surface area contributed by atoms with Gasteiger partial charge >= 0.3 is 24.3 Å². The summed E-state index contributed by atoms with van der Waals surface area (Å²) < 4.78 is 14.7. The number of urea groups is 1. The molecule has 0 aromatic carbocycles. The van der Waals surface area contributed by atoms with Crippen LogP contribution in [0.4, 0.5) is 19.2 Å². The topological polar surface area (TPSA) is 135 Å². The molecule has 0 bridgehead atoms.